The molecule has 0 saturated heterocycles. The monoisotopic (exact) mass is 391 g/mol. The number of hydrogen-bond donors (Lipinski definition) is 1. The zero-order valence-corrected chi connectivity index (χ0v) is 15.7. The smallest absolute Gasteiger partial charge is 0.265 e. The van der Waals surface area contributed by atoms with Crippen LogP contribution in [0.25, 0.3) is 0 Å². The van der Waals surface area contributed by atoms with Crippen LogP contribution in [0.1, 0.15) is 20.8 Å². The maximum atomic E-state index is 12.4. The fourth-order valence-corrected chi connectivity index (χ4v) is 3.37. The van der Waals surface area contributed by atoms with E-state index in [1.54, 1.807) is 18.2 Å². The molecule has 1 N–H and O–H groups in total. The second-order valence-electron chi connectivity index (χ2n) is 5.43. The molecular formula is C19H15Cl2NO2S. The first-order valence-electron chi connectivity index (χ1n) is 7.56. The predicted molar refractivity (Wildman–Crippen MR) is 104 cm³/mol. The average Bonchev–Trinajstić information content (AvgIpc) is 3.07. The molecule has 1 heterocycles. The minimum atomic E-state index is -0.226. The maximum absolute atomic E-state index is 12.4. The number of rotatable bonds is 5. The van der Waals surface area contributed by atoms with Gasteiger partial charge in [0.1, 0.15) is 12.4 Å². The van der Waals surface area contributed by atoms with Crippen molar-refractivity contribution in [2.45, 2.75) is 13.5 Å². The van der Waals surface area contributed by atoms with Crippen molar-refractivity contribution in [3.8, 4) is 5.75 Å². The van der Waals surface area contributed by atoms with E-state index in [0.29, 0.717) is 27.2 Å². The van der Waals surface area contributed by atoms with Crippen molar-refractivity contribution < 1.29 is 9.53 Å². The summed E-state index contributed by atoms with van der Waals surface area (Å²) in [4.78, 5) is 13.0. The van der Waals surface area contributed by atoms with Gasteiger partial charge in [-0.25, -0.2) is 0 Å². The Morgan fingerprint density at radius 1 is 1.16 bits per heavy atom. The first-order valence-corrected chi connectivity index (χ1v) is 9.19. The molecule has 0 unspecified atom stereocenters. The largest absolute Gasteiger partial charge is 0.489 e. The molecule has 0 bridgehead atoms. The van der Waals surface area contributed by atoms with Crippen molar-refractivity contribution in [1.29, 1.82) is 0 Å². The van der Waals surface area contributed by atoms with Crippen LogP contribution in [0.15, 0.2) is 53.9 Å². The van der Waals surface area contributed by atoms with Crippen molar-refractivity contribution >= 4 is 46.1 Å². The van der Waals surface area contributed by atoms with Gasteiger partial charge in [-0.15, -0.1) is 11.3 Å². The number of carbonyl (C=O) groups excluding carboxylic acids is 1. The second-order valence-corrected chi connectivity index (χ2v) is 7.13. The minimum Gasteiger partial charge on any atom is -0.489 e. The molecule has 0 aliphatic rings. The number of carbonyl (C=O) groups is 1. The molecular weight excluding hydrogens is 377 g/mol. The second kappa shape index (κ2) is 7.91. The molecule has 3 aromatic rings. The van der Waals surface area contributed by atoms with Gasteiger partial charge in [0.15, 0.2) is 0 Å². The molecule has 0 aliphatic carbocycles. The molecule has 128 valence electrons. The van der Waals surface area contributed by atoms with Crippen LogP contribution in [0.3, 0.4) is 0 Å². The summed E-state index contributed by atoms with van der Waals surface area (Å²) in [7, 11) is 0. The summed E-state index contributed by atoms with van der Waals surface area (Å²) in [6, 6.07) is 14.8. The van der Waals surface area contributed by atoms with Gasteiger partial charge in [0, 0.05) is 5.56 Å². The molecule has 0 atom stereocenters. The number of amides is 1. The molecule has 3 rings (SSSR count). The van der Waals surface area contributed by atoms with Crippen LogP contribution in [0, 0.1) is 6.92 Å². The lowest BCUT2D eigenvalue weighted by molar-refractivity contribution is 0.103. The lowest BCUT2D eigenvalue weighted by atomic mass is 10.2. The van der Waals surface area contributed by atoms with E-state index in [9.17, 15) is 4.79 Å². The first-order chi connectivity index (χ1) is 12.0. The van der Waals surface area contributed by atoms with Gasteiger partial charge in [-0.1, -0.05) is 47.5 Å². The van der Waals surface area contributed by atoms with Gasteiger partial charge < -0.3 is 10.1 Å². The van der Waals surface area contributed by atoms with Crippen molar-refractivity contribution in [3.05, 3.63) is 80.0 Å². The molecule has 25 heavy (non-hydrogen) atoms. The van der Waals surface area contributed by atoms with Crippen molar-refractivity contribution in [2.24, 2.45) is 0 Å². The third kappa shape index (κ3) is 4.34. The van der Waals surface area contributed by atoms with Crippen LogP contribution in [-0.2, 0) is 6.61 Å². The average molecular weight is 392 g/mol. The third-order valence-corrected chi connectivity index (χ3v) is 5.36. The summed E-state index contributed by atoms with van der Waals surface area (Å²) in [6.07, 6.45) is 0. The highest BCUT2D eigenvalue weighted by Gasteiger charge is 2.13. The lowest BCUT2D eigenvalue weighted by Crippen LogP contribution is -2.10. The Morgan fingerprint density at radius 3 is 2.76 bits per heavy atom. The fraction of sp³-hybridized carbons (Fsp3) is 0.105. The van der Waals surface area contributed by atoms with Crippen molar-refractivity contribution in [2.75, 3.05) is 5.32 Å². The Morgan fingerprint density at radius 2 is 1.96 bits per heavy atom. The van der Waals surface area contributed by atoms with Crippen LogP contribution in [0.5, 0.6) is 5.75 Å². The number of anilines is 1. The van der Waals surface area contributed by atoms with E-state index >= 15 is 0 Å². The molecule has 0 aliphatic heterocycles. The fourth-order valence-electron chi connectivity index (χ4n) is 2.23. The van der Waals surface area contributed by atoms with E-state index in [4.69, 9.17) is 27.9 Å². The molecule has 2 aromatic carbocycles. The van der Waals surface area contributed by atoms with Gasteiger partial charge in [0.25, 0.3) is 5.91 Å². The Balaban J connectivity index is 1.65. The number of para-hydroxylation sites is 1. The molecule has 1 amide bonds. The zero-order chi connectivity index (χ0) is 17.8. The quantitative estimate of drug-likeness (QED) is 0.562. The zero-order valence-electron chi connectivity index (χ0n) is 13.4. The van der Waals surface area contributed by atoms with Gasteiger partial charge >= 0.3 is 0 Å². The topological polar surface area (TPSA) is 38.3 Å². The molecule has 0 radical (unpaired) electrons. The van der Waals surface area contributed by atoms with Gasteiger partial charge in [-0.3, -0.25) is 4.79 Å². The summed E-state index contributed by atoms with van der Waals surface area (Å²) in [5.41, 5.74) is 2.51. The molecule has 1 aromatic heterocycles. The number of halogens is 2. The number of hydrogen-bond acceptors (Lipinski definition) is 3. The van der Waals surface area contributed by atoms with Crippen molar-refractivity contribution in [1.82, 2.24) is 0 Å². The van der Waals surface area contributed by atoms with Crippen LogP contribution in [0.2, 0.25) is 10.0 Å². The van der Waals surface area contributed by atoms with E-state index in [1.165, 1.54) is 11.3 Å². The van der Waals surface area contributed by atoms with E-state index < -0.39 is 0 Å². The Labute approximate surface area is 160 Å². The summed E-state index contributed by atoms with van der Waals surface area (Å²) in [5, 5.41) is 5.42. The molecule has 0 saturated carbocycles. The van der Waals surface area contributed by atoms with Crippen LogP contribution < -0.4 is 10.1 Å². The summed E-state index contributed by atoms with van der Waals surface area (Å²) >= 11 is 13.4. The highest BCUT2D eigenvalue weighted by molar-refractivity contribution is 7.12. The third-order valence-electron chi connectivity index (χ3n) is 3.57. The number of nitrogens with one attached hydrogen (secondary N) is 1. The number of aryl methyl sites for hydroxylation is 1. The minimum absolute atomic E-state index is 0.226. The molecule has 6 heteroatoms. The highest BCUT2D eigenvalue weighted by atomic mass is 35.5. The van der Waals surface area contributed by atoms with E-state index in [1.807, 2.05) is 42.6 Å². The lowest BCUT2D eigenvalue weighted by Gasteiger charge is -2.07. The summed E-state index contributed by atoms with van der Waals surface area (Å²) in [6.45, 7) is 2.41. The Kier molecular flexibility index (Phi) is 5.63. The van der Waals surface area contributed by atoms with Gasteiger partial charge in [0.2, 0.25) is 0 Å². The number of benzene rings is 2. The van der Waals surface area contributed by atoms with Gasteiger partial charge in [-0.05, 0) is 42.1 Å². The van der Waals surface area contributed by atoms with Crippen LogP contribution in [-0.4, -0.2) is 5.91 Å². The van der Waals surface area contributed by atoms with E-state index in [2.05, 4.69) is 5.32 Å². The number of ether oxygens (including phenoxy) is 1. The van der Waals surface area contributed by atoms with E-state index in [-0.39, 0.29) is 5.91 Å². The molecule has 0 spiro atoms. The Bertz CT molecular complexity index is 908. The van der Waals surface area contributed by atoms with Crippen LogP contribution in [0.4, 0.5) is 5.69 Å². The van der Waals surface area contributed by atoms with Gasteiger partial charge in [-0.2, -0.15) is 0 Å². The van der Waals surface area contributed by atoms with Crippen LogP contribution >= 0.6 is 34.5 Å². The molecule has 3 nitrogen and oxygen atoms in total. The Hall–Kier alpha value is -2.01. The maximum Gasteiger partial charge on any atom is 0.265 e. The standard InChI is InChI=1S/C19H15Cl2NO2S/c1-12-5-2-3-8-16(12)24-10-13-9-17(25-11-13)19(23)22-15-7-4-6-14(20)18(15)21/h2-9,11H,10H2,1H3,(H,22,23). The highest BCUT2D eigenvalue weighted by Crippen LogP contribution is 2.30. The van der Waals surface area contributed by atoms with Gasteiger partial charge in [0.05, 0.1) is 20.6 Å². The summed E-state index contributed by atoms with van der Waals surface area (Å²) < 4.78 is 5.81. The summed E-state index contributed by atoms with van der Waals surface area (Å²) in [5.74, 6) is 0.613. The SMILES string of the molecule is Cc1ccccc1OCc1csc(C(=O)Nc2cccc(Cl)c2Cl)c1. The normalized spacial score (nSPS) is 10.5. The van der Waals surface area contributed by atoms with Crippen molar-refractivity contribution in [3.63, 3.8) is 0 Å². The molecule has 0 fully saturated rings. The first kappa shape index (κ1) is 17.8. The van der Waals surface area contributed by atoms with E-state index in [0.717, 1.165) is 16.9 Å². The predicted octanol–water partition coefficient (Wildman–Crippen LogP) is 6.19. The number of thiophene rings is 1.